The van der Waals surface area contributed by atoms with Gasteiger partial charge in [-0.25, -0.2) is 4.79 Å². The lowest BCUT2D eigenvalue weighted by Crippen LogP contribution is -2.15. The Morgan fingerprint density at radius 1 is 1.55 bits per heavy atom. The standard InChI is InChI=1S/C7H11IO3/c8-6-2-1-3-10-5-7(9)11-4-6/h6H,1-5H2. The SMILES string of the molecule is O=C1COCCCC(I)CO1. The number of hydrogen-bond donors (Lipinski definition) is 0. The molecule has 3 nitrogen and oxygen atoms in total. The maximum absolute atomic E-state index is 10.8. The number of cyclic esters (lactones) is 1. The number of esters is 1. The van der Waals surface area contributed by atoms with E-state index in [0.29, 0.717) is 17.1 Å². The fraction of sp³-hybridized carbons (Fsp3) is 0.857. The summed E-state index contributed by atoms with van der Waals surface area (Å²) in [7, 11) is 0. The van der Waals surface area contributed by atoms with E-state index in [0.717, 1.165) is 12.8 Å². The molecule has 1 aliphatic rings. The van der Waals surface area contributed by atoms with E-state index in [2.05, 4.69) is 22.6 Å². The molecule has 1 unspecified atom stereocenters. The van der Waals surface area contributed by atoms with Crippen molar-refractivity contribution in [2.24, 2.45) is 0 Å². The van der Waals surface area contributed by atoms with E-state index in [4.69, 9.17) is 9.47 Å². The molecule has 1 aliphatic heterocycles. The van der Waals surface area contributed by atoms with Crippen LogP contribution in [0.5, 0.6) is 0 Å². The Morgan fingerprint density at radius 2 is 2.36 bits per heavy atom. The van der Waals surface area contributed by atoms with Gasteiger partial charge in [0.25, 0.3) is 0 Å². The molecular formula is C7H11IO3. The molecule has 0 radical (unpaired) electrons. The molecule has 1 fully saturated rings. The summed E-state index contributed by atoms with van der Waals surface area (Å²) in [6.07, 6.45) is 2.08. The Morgan fingerprint density at radius 3 is 3.18 bits per heavy atom. The zero-order valence-electron chi connectivity index (χ0n) is 6.22. The Labute approximate surface area is 79.6 Å². The topological polar surface area (TPSA) is 35.5 Å². The highest BCUT2D eigenvalue weighted by Crippen LogP contribution is 2.10. The van der Waals surface area contributed by atoms with Crippen LogP contribution in [0.3, 0.4) is 0 Å². The molecule has 4 heteroatoms. The first kappa shape index (κ1) is 9.25. The van der Waals surface area contributed by atoms with E-state index in [1.807, 2.05) is 0 Å². The molecule has 0 aromatic rings. The lowest BCUT2D eigenvalue weighted by atomic mass is 10.2. The van der Waals surface area contributed by atoms with Gasteiger partial charge in [-0.05, 0) is 12.8 Å². The van der Waals surface area contributed by atoms with Crippen molar-refractivity contribution in [2.45, 2.75) is 16.8 Å². The second-order valence-electron chi connectivity index (χ2n) is 2.48. The highest BCUT2D eigenvalue weighted by atomic mass is 127. The van der Waals surface area contributed by atoms with Gasteiger partial charge in [0.2, 0.25) is 0 Å². The molecule has 0 amide bonds. The minimum Gasteiger partial charge on any atom is -0.463 e. The quantitative estimate of drug-likeness (QED) is 0.376. The average Bonchev–Trinajstić information content (AvgIpc) is 2.06. The average molecular weight is 270 g/mol. The van der Waals surface area contributed by atoms with Crippen LogP contribution in [0.2, 0.25) is 0 Å². The number of carbonyl (C=O) groups is 1. The number of rotatable bonds is 0. The first-order valence-corrected chi connectivity index (χ1v) is 4.91. The van der Waals surface area contributed by atoms with Crippen LogP contribution in [0.1, 0.15) is 12.8 Å². The highest BCUT2D eigenvalue weighted by Gasteiger charge is 2.11. The monoisotopic (exact) mass is 270 g/mol. The van der Waals surface area contributed by atoms with Crippen molar-refractivity contribution in [1.29, 1.82) is 0 Å². The summed E-state index contributed by atoms with van der Waals surface area (Å²) in [6, 6.07) is 0. The predicted octanol–water partition coefficient (Wildman–Crippen LogP) is 1.14. The van der Waals surface area contributed by atoms with E-state index >= 15 is 0 Å². The van der Waals surface area contributed by atoms with Crippen molar-refractivity contribution >= 4 is 28.6 Å². The molecule has 1 rings (SSSR count). The normalized spacial score (nSPS) is 28.1. The summed E-state index contributed by atoms with van der Waals surface area (Å²) in [6.45, 7) is 1.32. The second-order valence-corrected chi connectivity index (χ2v) is 4.24. The van der Waals surface area contributed by atoms with E-state index in [1.54, 1.807) is 0 Å². The Bertz CT molecular complexity index is 138. The van der Waals surface area contributed by atoms with E-state index in [9.17, 15) is 4.79 Å². The second kappa shape index (κ2) is 4.92. The summed E-state index contributed by atoms with van der Waals surface area (Å²) in [5.74, 6) is -0.242. The third-order valence-corrected chi connectivity index (χ3v) is 2.43. The van der Waals surface area contributed by atoms with E-state index < -0.39 is 0 Å². The summed E-state index contributed by atoms with van der Waals surface area (Å²) in [4.78, 5) is 10.8. The molecule has 0 bridgehead atoms. The summed E-state index contributed by atoms with van der Waals surface area (Å²) in [5, 5.41) is 0. The molecule has 0 spiro atoms. The number of halogens is 1. The van der Waals surface area contributed by atoms with Crippen LogP contribution in [-0.4, -0.2) is 29.7 Å². The Balaban J connectivity index is 2.31. The zero-order chi connectivity index (χ0) is 8.10. The Kier molecular flexibility index (Phi) is 4.14. The van der Waals surface area contributed by atoms with E-state index in [1.165, 1.54) is 0 Å². The number of carbonyl (C=O) groups excluding carboxylic acids is 1. The summed E-state index contributed by atoms with van der Waals surface area (Å²) >= 11 is 2.29. The minimum absolute atomic E-state index is 0.114. The molecule has 1 saturated heterocycles. The maximum Gasteiger partial charge on any atom is 0.332 e. The van der Waals surface area contributed by atoms with Gasteiger partial charge in [-0.3, -0.25) is 0 Å². The van der Waals surface area contributed by atoms with Crippen LogP contribution in [0, 0.1) is 0 Å². The van der Waals surface area contributed by atoms with Crippen molar-refractivity contribution in [2.75, 3.05) is 19.8 Å². The van der Waals surface area contributed by atoms with Crippen molar-refractivity contribution in [1.82, 2.24) is 0 Å². The van der Waals surface area contributed by atoms with Crippen LogP contribution in [-0.2, 0) is 14.3 Å². The van der Waals surface area contributed by atoms with Crippen LogP contribution in [0.4, 0.5) is 0 Å². The number of ether oxygens (including phenoxy) is 2. The molecule has 0 saturated carbocycles. The molecule has 0 aliphatic carbocycles. The van der Waals surface area contributed by atoms with Crippen LogP contribution in [0.15, 0.2) is 0 Å². The summed E-state index contributed by atoms with van der Waals surface area (Å²) in [5.41, 5.74) is 0. The molecule has 1 atom stereocenters. The first-order valence-electron chi connectivity index (χ1n) is 3.66. The molecule has 64 valence electrons. The molecule has 0 aromatic heterocycles. The van der Waals surface area contributed by atoms with Gasteiger partial charge in [-0.2, -0.15) is 0 Å². The third-order valence-electron chi connectivity index (χ3n) is 1.45. The lowest BCUT2D eigenvalue weighted by molar-refractivity contribution is -0.148. The number of hydrogen-bond acceptors (Lipinski definition) is 3. The largest absolute Gasteiger partial charge is 0.463 e. The van der Waals surface area contributed by atoms with Gasteiger partial charge in [-0.1, -0.05) is 22.6 Å². The van der Waals surface area contributed by atoms with Gasteiger partial charge < -0.3 is 9.47 Å². The van der Waals surface area contributed by atoms with Gasteiger partial charge in [0, 0.05) is 10.5 Å². The molecule has 11 heavy (non-hydrogen) atoms. The number of alkyl halides is 1. The van der Waals surface area contributed by atoms with Crippen molar-refractivity contribution in [3.8, 4) is 0 Å². The minimum atomic E-state index is -0.242. The van der Waals surface area contributed by atoms with Gasteiger partial charge >= 0.3 is 5.97 Å². The molecular weight excluding hydrogens is 259 g/mol. The Hall–Kier alpha value is 0.160. The van der Waals surface area contributed by atoms with Crippen molar-refractivity contribution < 1.29 is 14.3 Å². The first-order chi connectivity index (χ1) is 5.29. The smallest absolute Gasteiger partial charge is 0.332 e. The van der Waals surface area contributed by atoms with Gasteiger partial charge in [0.15, 0.2) is 0 Å². The zero-order valence-corrected chi connectivity index (χ0v) is 8.37. The van der Waals surface area contributed by atoms with Crippen molar-refractivity contribution in [3.63, 3.8) is 0 Å². The van der Waals surface area contributed by atoms with Crippen LogP contribution < -0.4 is 0 Å². The molecule has 0 N–H and O–H groups in total. The van der Waals surface area contributed by atoms with Crippen LogP contribution in [0.25, 0.3) is 0 Å². The third kappa shape index (κ3) is 3.91. The lowest BCUT2D eigenvalue weighted by Gasteiger charge is -2.06. The van der Waals surface area contributed by atoms with E-state index in [-0.39, 0.29) is 12.6 Å². The molecule has 1 heterocycles. The molecule has 0 aromatic carbocycles. The van der Waals surface area contributed by atoms with Crippen molar-refractivity contribution in [3.05, 3.63) is 0 Å². The highest BCUT2D eigenvalue weighted by molar-refractivity contribution is 14.1. The predicted molar refractivity (Wildman–Crippen MR) is 48.8 cm³/mol. The summed E-state index contributed by atoms with van der Waals surface area (Å²) < 4.78 is 10.4. The maximum atomic E-state index is 10.8. The fourth-order valence-corrected chi connectivity index (χ4v) is 1.49. The van der Waals surface area contributed by atoms with Crippen LogP contribution >= 0.6 is 22.6 Å². The van der Waals surface area contributed by atoms with Gasteiger partial charge in [-0.15, -0.1) is 0 Å². The fourth-order valence-electron chi connectivity index (χ4n) is 0.871. The van der Waals surface area contributed by atoms with Gasteiger partial charge in [0.05, 0.1) is 0 Å². The van der Waals surface area contributed by atoms with Gasteiger partial charge in [0.1, 0.15) is 13.2 Å².